The van der Waals surface area contributed by atoms with Crippen molar-refractivity contribution < 1.29 is 14.3 Å². The molecule has 1 aliphatic heterocycles. The van der Waals surface area contributed by atoms with E-state index in [1.807, 2.05) is 5.43 Å². The first-order valence-corrected chi connectivity index (χ1v) is 7.32. The molecule has 0 saturated carbocycles. The monoisotopic (exact) mass is 331 g/mol. The number of amides is 2. The Bertz CT molecular complexity index is 766. The van der Waals surface area contributed by atoms with Gasteiger partial charge in [0, 0.05) is 0 Å². The van der Waals surface area contributed by atoms with Crippen LogP contribution in [0.5, 0.6) is 5.75 Å². The second kappa shape index (κ2) is 6.28. The maximum absolute atomic E-state index is 12.9. The summed E-state index contributed by atoms with van der Waals surface area (Å²) >= 11 is 6.11. The van der Waals surface area contributed by atoms with E-state index < -0.39 is 12.0 Å². The molecule has 1 aliphatic rings. The van der Waals surface area contributed by atoms with Crippen molar-refractivity contribution in [2.45, 2.75) is 6.10 Å². The minimum absolute atomic E-state index is 0.0457. The molecule has 2 amide bonds. The fraction of sp³-hybridized carbons (Fsp3) is 0.125. The van der Waals surface area contributed by atoms with Crippen molar-refractivity contribution >= 4 is 29.1 Å². The van der Waals surface area contributed by atoms with Gasteiger partial charge in [-0.05, 0) is 24.3 Å². The van der Waals surface area contributed by atoms with E-state index in [1.165, 1.54) is 4.90 Å². The molecule has 0 bridgehead atoms. The van der Waals surface area contributed by atoms with Gasteiger partial charge in [0.15, 0.2) is 6.10 Å². The molecule has 0 radical (unpaired) electrons. The molecule has 1 heterocycles. The van der Waals surface area contributed by atoms with Gasteiger partial charge in [0.2, 0.25) is 0 Å². The molecule has 118 valence electrons. The first-order chi connectivity index (χ1) is 11.1. The third kappa shape index (κ3) is 2.86. The highest BCUT2D eigenvalue weighted by molar-refractivity contribution is 6.34. The average molecular weight is 332 g/mol. The van der Waals surface area contributed by atoms with E-state index in [0.717, 1.165) is 0 Å². The number of carbonyl (C=O) groups excluding carboxylic acids is 2. The highest BCUT2D eigenvalue weighted by atomic mass is 35.5. The molecule has 7 heteroatoms. The van der Waals surface area contributed by atoms with E-state index in [4.69, 9.17) is 22.2 Å². The van der Waals surface area contributed by atoms with Crippen LogP contribution in [0.4, 0.5) is 5.69 Å². The fourth-order valence-corrected chi connectivity index (χ4v) is 2.65. The number of rotatable bonds is 2. The SMILES string of the molecule is NNC(=O)[C@H]1CN(C(=O)c2ccccc2Cl)c2ccccc2O1. The van der Waals surface area contributed by atoms with Crippen molar-refractivity contribution in [2.75, 3.05) is 11.4 Å². The molecule has 0 aliphatic carbocycles. The first kappa shape index (κ1) is 15.3. The van der Waals surface area contributed by atoms with Gasteiger partial charge in [0.25, 0.3) is 11.8 Å². The second-order valence-electron chi connectivity index (χ2n) is 4.98. The molecule has 0 unspecified atom stereocenters. The maximum atomic E-state index is 12.9. The van der Waals surface area contributed by atoms with Crippen LogP contribution in [-0.4, -0.2) is 24.5 Å². The van der Waals surface area contributed by atoms with Crippen LogP contribution in [0.15, 0.2) is 48.5 Å². The van der Waals surface area contributed by atoms with Crippen LogP contribution in [0.3, 0.4) is 0 Å². The van der Waals surface area contributed by atoms with Crippen molar-refractivity contribution in [1.29, 1.82) is 0 Å². The van der Waals surface area contributed by atoms with Gasteiger partial charge in [0.1, 0.15) is 5.75 Å². The summed E-state index contributed by atoms with van der Waals surface area (Å²) in [6, 6.07) is 13.8. The molecule has 0 fully saturated rings. The molecular weight excluding hydrogens is 318 g/mol. The summed E-state index contributed by atoms with van der Waals surface area (Å²) in [5.74, 6) is 4.81. The summed E-state index contributed by atoms with van der Waals surface area (Å²) in [6.45, 7) is 0.0457. The maximum Gasteiger partial charge on any atom is 0.276 e. The summed E-state index contributed by atoms with van der Waals surface area (Å²) in [5.41, 5.74) is 2.99. The third-order valence-corrected chi connectivity index (χ3v) is 3.89. The number of ether oxygens (including phenoxy) is 1. The lowest BCUT2D eigenvalue weighted by Gasteiger charge is -2.34. The second-order valence-corrected chi connectivity index (χ2v) is 5.39. The van der Waals surface area contributed by atoms with Crippen LogP contribution in [0.25, 0.3) is 0 Å². The molecule has 6 nitrogen and oxygen atoms in total. The predicted molar refractivity (Wildman–Crippen MR) is 86.3 cm³/mol. The van der Waals surface area contributed by atoms with Gasteiger partial charge in [-0.15, -0.1) is 0 Å². The standard InChI is InChI=1S/C16H14ClN3O3/c17-11-6-2-1-5-10(11)16(22)20-9-14(15(21)19-18)23-13-8-4-3-7-12(13)20/h1-8,14H,9,18H2,(H,19,21)/t14-/m1/s1. The fourth-order valence-electron chi connectivity index (χ4n) is 2.44. The van der Waals surface area contributed by atoms with Crippen LogP contribution in [0, 0.1) is 0 Å². The van der Waals surface area contributed by atoms with Gasteiger partial charge in [-0.1, -0.05) is 35.9 Å². The Morgan fingerprint density at radius 2 is 1.87 bits per heavy atom. The van der Waals surface area contributed by atoms with Crippen LogP contribution in [-0.2, 0) is 4.79 Å². The number of anilines is 1. The zero-order chi connectivity index (χ0) is 16.4. The quantitative estimate of drug-likeness (QED) is 0.498. The number of hydrogen-bond acceptors (Lipinski definition) is 4. The number of fused-ring (bicyclic) bond motifs is 1. The highest BCUT2D eigenvalue weighted by Crippen LogP contribution is 2.34. The molecule has 1 atom stereocenters. The first-order valence-electron chi connectivity index (χ1n) is 6.94. The van der Waals surface area contributed by atoms with Crippen molar-refractivity contribution in [1.82, 2.24) is 5.43 Å². The van der Waals surface area contributed by atoms with E-state index in [2.05, 4.69) is 0 Å². The normalized spacial score (nSPS) is 16.3. The lowest BCUT2D eigenvalue weighted by molar-refractivity contribution is -0.127. The Morgan fingerprint density at radius 3 is 2.61 bits per heavy atom. The van der Waals surface area contributed by atoms with E-state index >= 15 is 0 Å². The van der Waals surface area contributed by atoms with Crippen molar-refractivity contribution in [3.05, 3.63) is 59.1 Å². The third-order valence-electron chi connectivity index (χ3n) is 3.56. The molecule has 2 aromatic carbocycles. The van der Waals surface area contributed by atoms with Gasteiger partial charge >= 0.3 is 0 Å². The average Bonchev–Trinajstić information content (AvgIpc) is 2.60. The zero-order valence-corrected chi connectivity index (χ0v) is 12.8. The molecule has 0 saturated heterocycles. The highest BCUT2D eigenvalue weighted by Gasteiger charge is 2.34. The van der Waals surface area contributed by atoms with Crippen LogP contribution >= 0.6 is 11.6 Å². The number of benzene rings is 2. The van der Waals surface area contributed by atoms with Gasteiger partial charge in [-0.25, -0.2) is 5.84 Å². The molecule has 0 aromatic heterocycles. The van der Waals surface area contributed by atoms with Crippen molar-refractivity contribution in [2.24, 2.45) is 5.84 Å². The molecule has 23 heavy (non-hydrogen) atoms. The molecule has 3 rings (SSSR count). The molecule has 2 aromatic rings. The number of hydrazine groups is 1. The topological polar surface area (TPSA) is 84.7 Å². The summed E-state index contributed by atoms with van der Waals surface area (Å²) in [7, 11) is 0. The lowest BCUT2D eigenvalue weighted by Crippen LogP contribution is -2.52. The van der Waals surface area contributed by atoms with E-state index in [9.17, 15) is 9.59 Å². The zero-order valence-electron chi connectivity index (χ0n) is 12.0. The van der Waals surface area contributed by atoms with Crippen LogP contribution in [0.1, 0.15) is 10.4 Å². The van der Waals surface area contributed by atoms with E-state index in [1.54, 1.807) is 48.5 Å². The largest absolute Gasteiger partial charge is 0.476 e. The van der Waals surface area contributed by atoms with Crippen molar-refractivity contribution in [3.63, 3.8) is 0 Å². The smallest absolute Gasteiger partial charge is 0.276 e. The number of nitrogens with one attached hydrogen (secondary N) is 1. The van der Waals surface area contributed by atoms with Gasteiger partial charge < -0.3 is 9.64 Å². The number of nitrogens with zero attached hydrogens (tertiary/aromatic N) is 1. The van der Waals surface area contributed by atoms with Crippen LogP contribution in [0.2, 0.25) is 5.02 Å². The molecular formula is C16H14ClN3O3. The number of carbonyl (C=O) groups is 2. The van der Waals surface area contributed by atoms with E-state index in [-0.39, 0.29) is 12.5 Å². The number of hydrogen-bond donors (Lipinski definition) is 2. The Hall–Kier alpha value is -2.57. The Labute approximate surface area is 137 Å². The number of halogens is 1. The minimum Gasteiger partial charge on any atom is -0.476 e. The Kier molecular flexibility index (Phi) is 4.18. The minimum atomic E-state index is -0.888. The van der Waals surface area contributed by atoms with Crippen molar-refractivity contribution in [3.8, 4) is 5.75 Å². The lowest BCUT2D eigenvalue weighted by atomic mass is 10.1. The molecule has 0 spiro atoms. The van der Waals surface area contributed by atoms with Gasteiger partial charge in [-0.3, -0.25) is 15.0 Å². The van der Waals surface area contributed by atoms with Gasteiger partial charge in [-0.2, -0.15) is 0 Å². The summed E-state index contributed by atoms with van der Waals surface area (Å²) in [5, 5.41) is 0.348. The number of para-hydroxylation sites is 2. The number of nitrogens with two attached hydrogens (primary N) is 1. The summed E-state index contributed by atoms with van der Waals surface area (Å²) in [4.78, 5) is 26.2. The Morgan fingerprint density at radius 1 is 1.17 bits per heavy atom. The van der Waals surface area contributed by atoms with Crippen LogP contribution < -0.4 is 20.9 Å². The summed E-state index contributed by atoms with van der Waals surface area (Å²) < 4.78 is 5.61. The van der Waals surface area contributed by atoms with Gasteiger partial charge in [0.05, 0.1) is 22.8 Å². The van der Waals surface area contributed by atoms with E-state index in [0.29, 0.717) is 22.0 Å². The molecule has 3 N–H and O–H groups in total. The predicted octanol–water partition coefficient (Wildman–Crippen LogP) is 1.74. The summed E-state index contributed by atoms with van der Waals surface area (Å²) in [6.07, 6.45) is -0.888. The Balaban J connectivity index is 2.01.